The predicted octanol–water partition coefficient (Wildman–Crippen LogP) is 1.82. The van der Waals surface area contributed by atoms with E-state index in [4.69, 9.17) is 10.2 Å². The Hall–Kier alpha value is -0.840. The summed E-state index contributed by atoms with van der Waals surface area (Å²) in [5.74, 6) is 1.84. The normalized spacial score (nSPS) is 18.7. The minimum atomic E-state index is 0.0916. The van der Waals surface area contributed by atoms with Gasteiger partial charge in [-0.25, -0.2) is 0 Å². The molecule has 1 aliphatic rings. The fourth-order valence-electron chi connectivity index (χ4n) is 2.99. The van der Waals surface area contributed by atoms with Crippen LogP contribution < -0.4 is 5.73 Å². The lowest BCUT2D eigenvalue weighted by Crippen LogP contribution is -2.41. The summed E-state index contributed by atoms with van der Waals surface area (Å²) in [5.41, 5.74) is 5.93. The van der Waals surface area contributed by atoms with Crippen LogP contribution in [0, 0.1) is 6.92 Å². The van der Waals surface area contributed by atoms with E-state index in [0.717, 1.165) is 11.5 Å². The topological polar surface area (TPSA) is 62.6 Å². The minimum absolute atomic E-state index is 0.0916. The van der Waals surface area contributed by atoms with E-state index >= 15 is 0 Å². The zero-order valence-corrected chi connectivity index (χ0v) is 11.1. The number of aryl methyl sites for hydroxylation is 1. The van der Waals surface area contributed by atoms with Gasteiger partial charge in [0, 0.05) is 19.1 Å². The Bertz CT molecular complexity index is 358. The van der Waals surface area contributed by atoms with Gasteiger partial charge in [-0.1, -0.05) is 12.8 Å². The van der Waals surface area contributed by atoms with Crippen molar-refractivity contribution in [1.29, 1.82) is 0 Å². The van der Waals surface area contributed by atoms with E-state index < -0.39 is 0 Å². The van der Waals surface area contributed by atoms with Crippen molar-refractivity contribution >= 4 is 0 Å². The average molecular weight is 252 g/mol. The number of aliphatic hydroxyl groups is 1. The van der Waals surface area contributed by atoms with Crippen molar-refractivity contribution in [3.63, 3.8) is 0 Å². The van der Waals surface area contributed by atoms with Gasteiger partial charge in [-0.3, -0.25) is 4.90 Å². The molecule has 2 rings (SSSR count). The van der Waals surface area contributed by atoms with Crippen LogP contribution in [-0.4, -0.2) is 35.7 Å². The van der Waals surface area contributed by atoms with Crippen molar-refractivity contribution < 1.29 is 9.52 Å². The highest BCUT2D eigenvalue weighted by molar-refractivity contribution is 5.11. The van der Waals surface area contributed by atoms with Crippen LogP contribution in [0.15, 0.2) is 16.5 Å². The largest absolute Gasteiger partial charge is 0.465 e. The molecule has 0 radical (unpaired) electrons. The molecule has 1 aliphatic carbocycles. The molecule has 4 nitrogen and oxygen atoms in total. The van der Waals surface area contributed by atoms with Crippen molar-refractivity contribution in [3.05, 3.63) is 23.7 Å². The van der Waals surface area contributed by atoms with E-state index in [0.29, 0.717) is 19.1 Å². The number of furan rings is 1. The number of hydrogen-bond donors (Lipinski definition) is 2. The molecule has 4 heteroatoms. The van der Waals surface area contributed by atoms with Gasteiger partial charge in [-0.05, 0) is 31.9 Å². The molecule has 0 aliphatic heterocycles. The zero-order valence-electron chi connectivity index (χ0n) is 11.1. The molecule has 1 aromatic rings. The second-order valence-electron chi connectivity index (χ2n) is 5.10. The molecular weight excluding hydrogens is 228 g/mol. The summed E-state index contributed by atoms with van der Waals surface area (Å²) < 4.78 is 5.72. The van der Waals surface area contributed by atoms with Crippen LogP contribution in [0.3, 0.4) is 0 Å². The Morgan fingerprint density at radius 2 is 2.17 bits per heavy atom. The van der Waals surface area contributed by atoms with Gasteiger partial charge in [0.1, 0.15) is 11.5 Å². The molecule has 1 aromatic heterocycles. The maximum Gasteiger partial charge on any atom is 0.122 e. The van der Waals surface area contributed by atoms with E-state index in [-0.39, 0.29) is 12.6 Å². The van der Waals surface area contributed by atoms with E-state index in [1.165, 1.54) is 25.7 Å². The molecule has 1 saturated carbocycles. The fourth-order valence-corrected chi connectivity index (χ4v) is 2.99. The number of rotatable bonds is 6. The maximum absolute atomic E-state index is 9.28. The molecule has 0 spiro atoms. The summed E-state index contributed by atoms with van der Waals surface area (Å²) in [6.07, 6.45) is 4.97. The summed E-state index contributed by atoms with van der Waals surface area (Å²) >= 11 is 0. The second kappa shape index (κ2) is 6.36. The Kier molecular flexibility index (Phi) is 4.80. The first kappa shape index (κ1) is 13.6. The third kappa shape index (κ3) is 2.94. The Balaban J connectivity index is 2.15. The highest BCUT2D eigenvalue weighted by Gasteiger charge is 2.30. The van der Waals surface area contributed by atoms with Crippen LogP contribution in [0.2, 0.25) is 0 Å². The molecule has 1 heterocycles. The maximum atomic E-state index is 9.28. The number of nitrogens with two attached hydrogens (primary N) is 1. The van der Waals surface area contributed by atoms with Crippen LogP contribution in [0.25, 0.3) is 0 Å². The summed E-state index contributed by atoms with van der Waals surface area (Å²) in [4.78, 5) is 2.32. The van der Waals surface area contributed by atoms with Gasteiger partial charge in [0.25, 0.3) is 0 Å². The van der Waals surface area contributed by atoms with E-state index in [1.807, 2.05) is 19.1 Å². The van der Waals surface area contributed by atoms with Gasteiger partial charge in [0.05, 0.1) is 12.6 Å². The lowest BCUT2D eigenvalue weighted by molar-refractivity contribution is 0.0951. The van der Waals surface area contributed by atoms with Crippen molar-refractivity contribution in [2.45, 2.75) is 44.7 Å². The first-order valence-corrected chi connectivity index (χ1v) is 6.89. The number of hydrogen-bond acceptors (Lipinski definition) is 4. The van der Waals surface area contributed by atoms with Crippen molar-refractivity contribution in [2.75, 3.05) is 19.7 Å². The monoisotopic (exact) mass is 252 g/mol. The van der Waals surface area contributed by atoms with Crippen LogP contribution in [0.4, 0.5) is 0 Å². The summed E-state index contributed by atoms with van der Waals surface area (Å²) in [7, 11) is 0. The van der Waals surface area contributed by atoms with Gasteiger partial charge in [-0.2, -0.15) is 0 Å². The van der Waals surface area contributed by atoms with Crippen LogP contribution in [-0.2, 0) is 0 Å². The number of aliphatic hydroxyl groups excluding tert-OH is 1. The third-order valence-corrected chi connectivity index (χ3v) is 3.87. The van der Waals surface area contributed by atoms with Crippen LogP contribution in [0.1, 0.15) is 43.2 Å². The smallest absolute Gasteiger partial charge is 0.122 e. The van der Waals surface area contributed by atoms with Crippen molar-refractivity contribution in [2.24, 2.45) is 5.73 Å². The quantitative estimate of drug-likeness (QED) is 0.810. The predicted molar refractivity (Wildman–Crippen MR) is 71.3 cm³/mol. The van der Waals surface area contributed by atoms with E-state index in [1.54, 1.807) is 0 Å². The molecule has 1 atom stereocenters. The van der Waals surface area contributed by atoms with Gasteiger partial charge in [0.2, 0.25) is 0 Å². The second-order valence-corrected chi connectivity index (χ2v) is 5.10. The molecule has 0 amide bonds. The van der Waals surface area contributed by atoms with E-state index in [9.17, 15) is 5.11 Å². The molecule has 3 N–H and O–H groups in total. The molecule has 0 saturated heterocycles. The molecule has 18 heavy (non-hydrogen) atoms. The molecular formula is C14H24N2O2. The molecule has 1 unspecified atom stereocenters. The van der Waals surface area contributed by atoms with Gasteiger partial charge in [-0.15, -0.1) is 0 Å². The Morgan fingerprint density at radius 3 is 2.67 bits per heavy atom. The first-order valence-electron chi connectivity index (χ1n) is 6.89. The molecule has 0 aromatic carbocycles. The lowest BCUT2D eigenvalue weighted by Gasteiger charge is -2.34. The third-order valence-electron chi connectivity index (χ3n) is 3.87. The van der Waals surface area contributed by atoms with Gasteiger partial charge >= 0.3 is 0 Å². The highest BCUT2D eigenvalue weighted by Crippen LogP contribution is 2.31. The van der Waals surface area contributed by atoms with E-state index in [2.05, 4.69) is 4.90 Å². The highest BCUT2D eigenvalue weighted by atomic mass is 16.3. The number of nitrogens with zero attached hydrogens (tertiary/aromatic N) is 1. The Morgan fingerprint density at radius 1 is 1.44 bits per heavy atom. The standard InChI is InChI=1S/C14H24N2O2/c1-11-6-7-14(18-11)13(10-15)16(8-9-17)12-4-2-3-5-12/h6-7,12-13,17H,2-5,8-10,15H2,1H3. The molecule has 102 valence electrons. The molecule has 0 bridgehead atoms. The summed E-state index contributed by atoms with van der Waals surface area (Å²) in [6.45, 7) is 3.32. The molecule has 1 fully saturated rings. The van der Waals surface area contributed by atoms with Crippen LogP contribution in [0.5, 0.6) is 0 Å². The summed E-state index contributed by atoms with van der Waals surface area (Å²) in [6, 6.07) is 4.61. The van der Waals surface area contributed by atoms with Crippen molar-refractivity contribution in [3.8, 4) is 0 Å². The Labute approximate surface area is 109 Å². The zero-order chi connectivity index (χ0) is 13.0. The average Bonchev–Trinajstić information content (AvgIpc) is 3.00. The van der Waals surface area contributed by atoms with Crippen molar-refractivity contribution in [1.82, 2.24) is 4.90 Å². The first-order chi connectivity index (χ1) is 8.76. The van der Waals surface area contributed by atoms with Gasteiger partial charge < -0.3 is 15.3 Å². The fraction of sp³-hybridized carbons (Fsp3) is 0.714. The van der Waals surface area contributed by atoms with Gasteiger partial charge in [0.15, 0.2) is 0 Å². The van der Waals surface area contributed by atoms with Crippen LogP contribution >= 0.6 is 0 Å². The minimum Gasteiger partial charge on any atom is -0.465 e. The SMILES string of the molecule is Cc1ccc(C(CN)N(CCO)C2CCCC2)o1. The summed E-state index contributed by atoms with van der Waals surface area (Å²) in [5, 5.41) is 9.28. The lowest BCUT2D eigenvalue weighted by atomic mass is 10.1.